The predicted molar refractivity (Wildman–Crippen MR) is 94.9 cm³/mol. The van der Waals surface area contributed by atoms with Gasteiger partial charge in [0.2, 0.25) is 11.8 Å². The molecule has 0 aromatic rings. The maximum absolute atomic E-state index is 12.8. The maximum Gasteiger partial charge on any atom is 0.308 e. The van der Waals surface area contributed by atoms with E-state index in [1.54, 1.807) is 11.9 Å². The molecule has 2 amide bonds. The number of carbonyl (C=O) groups is 3. The fourth-order valence-corrected chi connectivity index (χ4v) is 4.63. The first-order valence-corrected chi connectivity index (χ1v) is 9.34. The summed E-state index contributed by atoms with van der Waals surface area (Å²) in [6.07, 6.45) is 4.19. The number of carboxylic acid groups (broad SMARTS) is 1. The number of carbonyl (C=O) groups excluding carboxylic acids is 2. The second kappa shape index (κ2) is 7.75. The monoisotopic (exact) mass is 352 g/mol. The lowest BCUT2D eigenvalue weighted by Gasteiger charge is -2.39. The summed E-state index contributed by atoms with van der Waals surface area (Å²) in [6, 6.07) is 0. The van der Waals surface area contributed by atoms with E-state index in [2.05, 4.69) is 20.8 Å². The summed E-state index contributed by atoms with van der Waals surface area (Å²) in [5.41, 5.74) is 0.157. The molecule has 0 radical (unpaired) electrons. The van der Waals surface area contributed by atoms with Crippen LogP contribution in [0.1, 0.15) is 52.9 Å². The minimum absolute atomic E-state index is 0.0235. The average molecular weight is 352 g/mol. The molecule has 1 saturated heterocycles. The van der Waals surface area contributed by atoms with Gasteiger partial charge in [-0.1, -0.05) is 20.8 Å². The standard InChI is InChI=1S/C19H32N2O4/c1-13-8-15(10-19(2,3)9-13)17(23)20(4)12-16(22)21-7-5-6-14(11-21)18(24)25/h13-15H,5-12H2,1-4H3,(H,24,25). The Morgan fingerprint density at radius 2 is 1.88 bits per heavy atom. The van der Waals surface area contributed by atoms with Crippen molar-refractivity contribution in [3.05, 3.63) is 0 Å². The van der Waals surface area contributed by atoms with Crippen LogP contribution < -0.4 is 0 Å². The second-order valence-corrected chi connectivity index (χ2v) is 8.82. The van der Waals surface area contributed by atoms with E-state index in [0.717, 1.165) is 19.3 Å². The number of likely N-dealkylation sites (N-methyl/N-ethyl adjacent to an activating group) is 1. The SMILES string of the molecule is CC1CC(C(=O)N(C)CC(=O)N2CCCC(C(=O)O)C2)CC(C)(C)C1. The highest BCUT2D eigenvalue weighted by Gasteiger charge is 2.37. The van der Waals surface area contributed by atoms with Crippen LogP contribution in [0, 0.1) is 23.2 Å². The third kappa shape index (κ3) is 5.19. The third-order valence-electron chi connectivity index (χ3n) is 5.61. The van der Waals surface area contributed by atoms with Crippen molar-refractivity contribution in [2.75, 3.05) is 26.7 Å². The maximum atomic E-state index is 12.8. The Kier molecular flexibility index (Phi) is 6.12. The van der Waals surface area contributed by atoms with E-state index in [0.29, 0.717) is 25.3 Å². The van der Waals surface area contributed by atoms with Crippen molar-refractivity contribution in [3.63, 3.8) is 0 Å². The third-order valence-corrected chi connectivity index (χ3v) is 5.61. The Morgan fingerprint density at radius 3 is 2.48 bits per heavy atom. The van der Waals surface area contributed by atoms with E-state index >= 15 is 0 Å². The van der Waals surface area contributed by atoms with Crippen LogP contribution in [0.5, 0.6) is 0 Å². The van der Waals surface area contributed by atoms with Crippen LogP contribution >= 0.6 is 0 Å². The molecule has 0 bridgehead atoms. The van der Waals surface area contributed by atoms with Crippen LogP contribution in [0.4, 0.5) is 0 Å². The topological polar surface area (TPSA) is 77.9 Å². The Bertz CT molecular complexity index is 532. The molecule has 25 heavy (non-hydrogen) atoms. The van der Waals surface area contributed by atoms with Crippen LogP contribution in [0.15, 0.2) is 0 Å². The fourth-order valence-electron chi connectivity index (χ4n) is 4.63. The van der Waals surface area contributed by atoms with Gasteiger partial charge in [0.1, 0.15) is 0 Å². The van der Waals surface area contributed by atoms with Crippen molar-refractivity contribution in [1.82, 2.24) is 9.80 Å². The highest BCUT2D eigenvalue weighted by molar-refractivity contribution is 5.86. The molecule has 6 nitrogen and oxygen atoms in total. The van der Waals surface area contributed by atoms with Gasteiger partial charge in [0.25, 0.3) is 0 Å². The van der Waals surface area contributed by atoms with Crippen molar-refractivity contribution in [1.29, 1.82) is 0 Å². The minimum Gasteiger partial charge on any atom is -0.481 e. The first-order valence-electron chi connectivity index (χ1n) is 9.34. The van der Waals surface area contributed by atoms with E-state index in [-0.39, 0.29) is 36.2 Å². The normalized spacial score (nSPS) is 29.1. The van der Waals surface area contributed by atoms with Gasteiger partial charge in [-0.05, 0) is 43.4 Å². The van der Waals surface area contributed by atoms with Crippen LogP contribution in [0.2, 0.25) is 0 Å². The molecule has 0 aromatic heterocycles. The van der Waals surface area contributed by atoms with Crippen LogP contribution in [0.3, 0.4) is 0 Å². The van der Waals surface area contributed by atoms with E-state index < -0.39 is 11.9 Å². The van der Waals surface area contributed by atoms with Gasteiger partial charge < -0.3 is 14.9 Å². The molecule has 142 valence electrons. The first-order chi connectivity index (χ1) is 11.6. The van der Waals surface area contributed by atoms with Gasteiger partial charge in [0.15, 0.2) is 0 Å². The molecule has 3 unspecified atom stereocenters. The summed E-state index contributed by atoms with van der Waals surface area (Å²) in [5.74, 6) is -0.950. The molecule has 0 aromatic carbocycles. The molecular weight excluding hydrogens is 320 g/mol. The molecular formula is C19H32N2O4. The Balaban J connectivity index is 1.92. The smallest absolute Gasteiger partial charge is 0.308 e. The number of hydrogen-bond acceptors (Lipinski definition) is 3. The molecule has 2 rings (SSSR count). The number of rotatable bonds is 4. The molecule has 3 atom stereocenters. The van der Waals surface area contributed by atoms with E-state index in [4.69, 9.17) is 5.11 Å². The Morgan fingerprint density at radius 1 is 1.20 bits per heavy atom. The summed E-state index contributed by atoms with van der Waals surface area (Å²) in [7, 11) is 1.69. The Hall–Kier alpha value is -1.59. The number of piperidine rings is 1. The van der Waals surface area contributed by atoms with E-state index in [1.165, 1.54) is 4.90 Å². The van der Waals surface area contributed by atoms with Gasteiger partial charge in [-0.3, -0.25) is 14.4 Å². The van der Waals surface area contributed by atoms with Gasteiger partial charge in [-0.2, -0.15) is 0 Å². The predicted octanol–water partition coefficient (Wildman–Crippen LogP) is 2.23. The van der Waals surface area contributed by atoms with Gasteiger partial charge in [0.05, 0.1) is 12.5 Å². The summed E-state index contributed by atoms with van der Waals surface area (Å²) in [4.78, 5) is 39.6. The zero-order chi connectivity index (χ0) is 18.8. The number of hydrogen-bond donors (Lipinski definition) is 1. The highest BCUT2D eigenvalue weighted by atomic mass is 16.4. The highest BCUT2D eigenvalue weighted by Crippen LogP contribution is 2.42. The van der Waals surface area contributed by atoms with Crippen LogP contribution in [-0.4, -0.2) is 59.4 Å². The quantitative estimate of drug-likeness (QED) is 0.841. The molecule has 1 heterocycles. The van der Waals surface area contributed by atoms with Crippen LogP contribution in [-0.2, 0) is 14.4 Å². The molecule has 6 heteroatoms. The number of amides is 2. The van der Waals surface area contributed by atoms with Gasteiger partial charge in [-0.25, -0.2) is 0 Å². The lowest BCUT2D eigenvalue weighted by molar-refractivity contribution is -0.148. The number of likely N-dealkylation sites (tertiary alicyclic amines) is 1. The molecule has 1 aliphatic heterocycles. The molecule has 1 aliphatic carbocycles. The van der Waals surface area contributed by atoms with Crippen molar-refractivity contribution < 1.29 is 19.5 Å². The van der Waals surface area contributed by atoms with Crippen molar-refractivity contribution in [2.24, 2.45) is 23.2 Å². The van der Waals surface area contributed by atoms with Crippen molar-refractivity contribution in [3.8, 4) is 0 Å². The molecule has 1 N–H and O–H groups in total. The summed E-state index contributed by atoms with van der Waals surface area (Å²) >= 11 is 0. The number of aliphatic carboxylic acids is 1. The summed E-state index contributed by atoms with van der Waals surface area (Å²) < 4.78 is 0. The van der Waals surface area contributed by atoms with Crippen LogP contribution in [0.25, 0.3) is 0 Å². The summed E-state index contributed by atoms with van der Waals surface area (Å²) in [6.45, 7) is 7.46. The Labute approximate surface area is 150 Å². The number of nitrogens with zero attached hydrogens (tertiary/aromatic N) is 2. The number of carboxylic acids is 1. The molecule has 1 saturated carbocycles. The largest absolute Gasteiger partial charge is 0.481 e. The molecule has 2 aliphatic rings. The van der Waals surface area contributed by atoms with Crippen molar-refractivity contribution >= 4 is 17.8 Å². The molecule has 2 fully saturated rings. The fraction of sp³-hybridized carbons (Fsp3) is 0.842. The average Bonchev–Trinajstić information content (AvgIpc) is 2.52. The lowest BCUT2D eigenvalue weighted by atomic mass is 9.68. The second-order valence-electron chi connectivity index (χ2n) is 8.82. The summed E-state index contributed by atoms with van der Waals surface area (Å²) in [5, 5.41) is 9.15. The lowest BCUT2D eigenvalue weighted by Crippen LogP contribution is -2.48. The van der Waals surface area contributed by atoms with Gasteiger partial charge >= 0.3 is 5.97 Å². The zero-order valence-corrected chi connectivity index (χ0v) is 16.0. The zero-order valence-electron chi connectivity index (χ0n) is 16.0. The van der Waals surface area contributed by atoms with E-state index in [1.807, 2.05) is 0 Å². The van der Waals surface area contributed by atoms with E-state index in [9.17, 15) is 14.4 Å². The van der Waals surface area contributed by atoms with Gasteiger partial charge in [0, 0.05) is 26.1 Å². The van der Waals surface area contributed by atoms with Crippen molar-refractivity contribution in [2.45, 2.75) is 52.9 Å². The minimum atomic E-state index is -0.847. The molecule has 0 spiro atoms. The van der Waals surface area contributed by atoms with Gasteiger partial charge in [-0.15, -0.1) is 0 Å². The first kappa shape index (κ1) is 19.7.